The zero-order valence-electron chi connectivity index (χ0n) is 20.0. The Balaban J connectivity index is 1.56. The first-order valence-electron chi connectivity index (χ1n) is 12.2. The molecule has 172 valence electrons. The van der Waals surface area contributed by atoms with Gasteiger partial charge in [-0.05, 0) is 58.7 Å². The van der Waals surface area contributed by atoms with Gasteiger partial charge in [-0.15, -0.1) is 0 Å². The molecule has 0 bridgehead atoms. The topological polar surface area (TPSA) is 40.6 Å². The maximum absolute atomic E-state index is 14.3. The van der Waals surface area contributed by atoms with Crippen molar-refractivity contribution in [3.63, 3.8) is 0 Å². The van der Waals surface area contributed by atoms with E-state index in [2.05, 4.69) is 68.1 Å². The van der Waals surface area contributed by atoms with Gasteiger partial charge in [0.1, 0.15) is 0 Å². The smallest absolute Gasteiger partial charge is 0.245 e. The molecule has 2 amide bonds. The molecular weight excluding hydrogens is 420 g/mol. The molecule has 0 radical (unpaired) electrons. The van der Waals surface area contributed by atoms with Crippen molar-refractivity contribution in [3.05, 3.63) is 95.1 Å². The van der Waals surface area contributed by atoms with Crippen molar-refractivity contribution in [2.24, 2.45) is 0 Å². The van der Waals surface area contributed by atoms with Crippen molar-refractivity contribution in [1.82, 2.24) is 0 Å². The fourth-order valence-electron chi connectivity index (χ4n) is 6.18. The highest BCUT2D eigenvalue weighted by Crippen LogP contribution is 2.55. The first-order chi connectivity index (χ1) is 16.3. The number of carbonyl (C=O) groups is 2. The number of hydrogen-bond acceptors (Lipinski definition) is 3. The van der Waals surface area contributed by atoms with Crippen LogP contribution in [0.1, 0.15) is 61.9 Å². The number of nitrogens with zero attached hydrogens (tertiary/aromatic N) is 2. The second kappa shape index (κ2) is 7.30. The largest absolute Gasteiger partial charge is 0.364 e. The van der Waals surface area contributed by atoms with E-state index in [1.54, 1.807) is 0 Å². The minimum absolute atomic E-state index is 0.0493. The average molecular weight is 451 g/mol. The van der Waals surface area contributed by atoms with Gasteiger partial charge in [0, 0.05) is 18.7 Å². The predicted molar refractivity (Wildman–Crippen MR) is 135 cm³/mol. The van der Waals surface area contributed by atoms with Crippen LogP contribution in [0.5, 0.6) is 0 Å². The number of imide groups is 1. The molecule has 2 unspecified atom stereocenters. The number of anilines is 2. The maximum Gasteiger partial charge on any atom is 0.245 e. The van der Waals surface area contributed by atoms with Crippen LogP contribution in [0.15, 0.2) is 72.8 Å². The number of para-hydroxylation sites is 1. The number of amides is 2. The molecule has 0 aliphatic carbocycles. The quantitative estimate of drug-likeness (QED) is 0.447. The number of benzene rings is 3. The SMILES string of the molecule is CC(C)(C)c1ccc2c(c1)C1(CC(=O)N(c3ccccc3)C1=O)CC1c3ccccc3CCN21. The van der Waals surface area contributed by atoms with Crippen molar-refractivity contribution in [2.75, 3.05) is 16.3 Å². The standard InChI is InChI=1S/C30H30N2O2/c1-29(2,3)21-13-14-25-24(17-21)30(18-26-23-12-8-7-9-20(23)15-16-31(25)26)19-27(33)32(28(30)34)22-10-5-4-6-11-22/h4-14,17,26H,15-16,18-19H2,1-3H3. The summed E-state index contributed by atoms with van der Waals surface area (Å²) in [4.78, 5) is 31.6. The zero-order valence-corrected chi connectivity index (χ0v) is 20.0. The Morgan fingerprint density at radius 2 is 1.65 bits per heavy atom. The molecule has 3 aromatic rings. The maximum atomic E-state index is 14.3. The number of carbonyl (C=O) groups excluding carboxylic acids is 2. The fourth-order valence-corrected chi connectivity index (χ4v) is 6.18. The fraction of sp³-hybridized carbons (Fsp3) is 0.333. The van der Waals surface area contributed by atoms with Crippen LogP contribution in [0.3, 0.4) is 0 Å². The molecule has 3 aliphatic heterocycles. The van der Waals surface area contributed by atoms with E-state index in [4.69, 9.17) is 0 Å². The third-order valence-corrected chi connectivity index (χ3v) is 7.97. The van der Waals surface area contributed by atoms with Crippen molar-refractivity contribution < 1.29 is 9.59 Å². The number of rotatable bonds is 1. The first-order valence-corrected chi connectivity index (χ1v) is 12.2. The normalized spacial score (nSPS) is 23.7. The minimum Gasteiger partial charge on any atom is -0.364 e. The summed E-state index contributed by atoms with van der Waals surface area (Å²) in [6.45, 7) is 7.51. The van der Waals surface area contributed by atoms with E-state index >= 15 is 0 Å². The Morgan fingerprint density at radius 3 is 2.41 bits per heavy atom. The Kier molecular flexibility index (Phi) is 4.54. The van der Waals surface area contributed by atoms with Gasteiger partial charge in [-0.3, -0.25) is 9.59 Å². The lowest BCUT2D eigenvalue weighted by molar-refractivity contribution is -0.123. The van der Waals surface area contributed by atoms with Gasteiger partial charge >= 0.3 is 0 Å². The van der Waals surface area contributed by atoms with Crippen LogP contribution in [0, 0.1) is 0 Å². The van der Waals surface area contributed by atoms with Crippen molar-refractivity contribution in [1.29, 1.82) is 0 Å². The summed E-state index contributed by atoms with van der Waals surface area (Å²) < 4.78 is 0. The molecule has 34 heavy (non-hydrogen) atoms. The summed E-state index contributed by atoms with van der Waals surface area (Å²) >= 11 is 0. The summed E-state index contributed by atoms with van der Waals surface area (Å²) in [7, 11) is 0. The van der Waals surface area contributed by atoms with Gasteiger partial charge in [0.15, 0.2) is 0 Å². The summed E-state index contributed by atoms with van der Waals surface area (Å²) in [5.74, 6) is -0.195. The molecule has 1 saturated heterocycles. The molecular formula is C30H30N2O2. The Morgan fingerprint density at radius 1 is 0.912 bits per heavy atom. The Hall–Kier alpha value is -3.40. The van der Waals surface area contributed by atoms with Gasteiger partial charge in [0.2, 0.25) is 11.8 Å². The van der Waals surface area contributed by atoms with Gasteiger partial charge in [-0.25, -0.2) is 4.90 Å². The summed E-state index contributed by atoms with van der Waals surface area (Å²) in [6, 6.07) is 24.7. The monoisotopic (exact) mass is 450 g/mol. The molecule has 1 fully saturated rings. The molecule has 0 saturated carbocycles. The summed E-state index contributed by atoms with van der Waals surface area (Å²) in [6.07, 6.45) is 1.83. The molecule has 4 heteroatoms. The summed E-state index contributed by atoms with van der Waals surface area (Å²) in [5.41, 5.74) is 5.72. The lowest BCUT2D eigenvalue weighted by atomic mass is 9.66. The van der Waals surface area contributed by atoms with Crippen molar-refractivity contribution >= 4 is 23.2 Å². The highest BCUT2D eigenvalue weighted by Gasteiger charge is 2.58. The van der Waals surface area contributed by atoms with E-state index in [1.165, 1.54) is 21.6 Å². The highest BCUT2D eigenvalue weighted by molar-refractivity contribution is 6.25. The van der Waals surface area contributed by atoms with Crippen LogP contribution in [0.25, 0.3) is 0 Å². The third kappa shape index (κ3) is 2.97. The van der Waals surface area contributed by atoms with Gasteiger partial charge in [0.05, 0.1) is 17.1 Å². The second-order valence-corrected chi connectivity index (χ2v) is 11.0. The molecule has 1 spiro atoms. The molecule has 6 rings (SSSR count). The third-order valence-electron chi connectivity index (χ3n) is 7.97. The van der Waals surface area contributed by atoms with Crippen LogP contribution < -0.4 is 9.80 Å². The van der Waals surface area contributed by atoms with Crippen LogP contribution >= 0.6 is 0 Å². The Labute approximate surface area is 201 Å². The van der Waals surface area contributed by atoms with Crippen LogP contribution in [-0.4, -0.2) is 18.4 Å². The molecule has 3 aromatic carbocycles. The molecule has 0 aromatic heterocycles. The van der Waals surface area contributed by atoms with Crippen molar-refractivity contribution in [3.8, 4) is 0 Å². The van der Waals surface area contributed by atoms with Crippen molar-refractivity contribution in [2.45, 2.75) is 56.9 Å². The van der Waals surface area contributed by atoms with Crippen LogP contribution in [-0.2, 0) is 26.8 Å². The molecule has 3 aliphatic rings. The number of hydrogen-bond donors (Lipinski definition) is 0. The Bertz CT molecular complexity index is 1310. The second-order valence-electron chi connectivity index (χ2n) is 11.0. The molecule has 2 atom stereocenters. The van der Waals surface area contributed by atoms with Crippen LogP contribution in [0.2, 0.25) is 0 Å². The van der Waals surface area contributed by atoms with E-state index in [0.29, 0.717) is 12.1 Å². The summed E-state index contributed by atoms with van der Waals surface area (Å²) in [5, 5.41) is 0. The van der Waals surface area contributed by atoms with E-state index in [0.717, 1.165) is 24.2 Å². The predicted octanol–water partition coefficient (Wildman–Crippen LogP) is 5.69. The van der Waals surface area contributed by atoms with E-state index in [1.807, 2.05) is 30.3 Å². The lowest BCUT2D eigenvalue weighted by Gasteiger charge is -2.49. The molecule has 3 heterocycles. The van der Waals surface area contributed by atoms with E-state index in [-0.39, 0.29) is 29.7 Å². The minimum atomic E-state index is -0.852. The van der Waals surface area contributed by atoms with Gasteiger partial charge in [-0.1, -0.05) is 75.4 Å². The van der Waals surface area contributed by atoms with Gasteiger partial charge < -0.3 is 4.90 Å². The van der Waals surface area contributed by atoms with Gasteiger partial charge in [-0.2, -0.15) is 0 Å². The average Bonchev–Trinajstić information content (AvgIpc) is 3.08. The van der Waals surface area contributed by atoms with Crippen LogP contribution in [0.4, 0.5) is 11.4 Å². The number of fused-ring (bicyclic) bond motifs is 6. The molecule has 0 N–H and O–H groups in total. The lowest BCUT2D eigenvalue weighted by Crippen LogP contribution is -2.49. The van der Waals surface area contributed by atoms with E-state index in [9.17, 15) is 9.59 Å². The highest BCUT2D eigenvalue weighted by atomic mass is 16.2. The van der Waals surface area contributed by atoms with Gasteiger partial charge in [0.25, 0.3) is 0 Å². The molecule has 4 nitrogen and oxygen atoms in total. The zero-order chi connectivity index (χ0) is 23.7. The first kappa shape index (κ1) is 21.2. The van der Waals surface area contributed by atoms with E-state index < -0.39 is 5.41 Å².